The summed E-state index contributed by atoms with van der Waals surface area (Å²) in [5.41, 5.74) is 0. The van der Waals surface area contributed by atoms with Crippen LogP contribution in [0.2, 0.25) is 0 Å². The molecule has 0 aromatic heterocycles. The first-order valence-corrected chi connectivity index (χ1v) is 2.30. The SMILES string of the molecule is O=S([O-])OBr.[Na+]. The first-order valence-electron chi connectivity index (χ1n) is 0.654. The minimum absolute atomic E-state index is 0. The van der Waals surface area contributed by atoms with Crippen LogP contribution >= 0.6 is 16.3 Å². The second-order valence-electron chi connectivity index (χ2n) is 0.267. The van der Waals surface area contributed by atoms with E-state index >= 15 is 0 Å². The Kier molecular flexibility index (Phi) is 11.5. The molecule has 0 fully saturated rings. The fraction of sp³-hybridized carbons (Fsp3) is 0. The van der Waals surface area contributed by atoms with Crippen molar-refractivity contribution in [3.63, 3.8) is 0 Å². The molecule has 0 saturated carbocycles. The Bertz CT molecular complexity index is 46.1. The molecule has 0 amide bonds. The van der Waals surface area contributed by atoms with Crippen molar-refractivity contribution in [3.8, 4) is 0 Å². The van der Waals surface area contributed by atoms with Gasteiger partial charge in [-0.3, -0.25) is 0 Å². The third-order valence-corrected chi connectivity index (χ3v) is 0.802. The van der Waals surface area contributed by atoms with Crippen molar-refractivity contribution in [1.29, 1.82) is 0 Å². The zero-order chi connectivity index (χ0) is 4.28. The molecule has 6 heteroatoms. The number of rotatable bonds is 1. The van der Waals surface area contributed by atoms with E-state index in [0.29, 0.717) is 0 Å². The van der Waals surface area contributed by atoms with Gasteiger partial charge in [0.15, 0.2) is 0 Å². The summed E-state index contributed by atoms with van der Waals surface area (Å²) < 4.78 is 21.7. The molecule has 0 spiro atoms. The monoisotopic (exact) mass is 182 g/mol. The van der Waals surface area contributed by atoms with Crippen LogP contribution < -0.4 is 29.6 Å². The molecule has 0 aliphatic heterocycles. The van der Waals surface area contributed by atoms with E-state index in [-0.39, 0.29) is 29.6 Å². The molecule has 0 N–H and O–H groups in total. The minimum Gasteiger partial charge on any atom is -0.749 e. The second-order valence-corrected chi connectivity index (χ2v) is 1.59. The van der Waals surface area contributed by atoms with Gasteiger partial charge in [0, 0.05) is 0 Å². The third-order valence-electron chi connectivity index (χ3n) is 0.0514. The Balaban J connectivity index is 0. The molecule has 1 atom stereocenters. The largest absolute Gasteiger partial charge is 1.00 e. The zero-order valence-electron chi connectivity index (χ0n) is 3.01. The van der Waals surface area contributed by atoms with E-state index < -0.39 is 11.4 Å². The number of hydrogen-bond donors (Lipinski definition) is 0. The van der Waals surface area contributed by atoms with Crippen molar-refractivity contribution in [2.45, 2.75) is 0 Å². The summed E-state index contributed by atoms with van der Waals surface area (Å²) in [6.45, 7) is 0. The molecule has 0 aliphatic carbocycles. The van der Waals surface area contributed by atoms with Crippen molar-refractivity contribution < 1.29 is 41.6 Å². The zero-order valence-corrected chi connectivity index (χ0v) is 7.41. The van der Waals surface area contributed by atoms with Crippen LogP contribution in [0.5, 0.6) is 0 Å². The molecule has 0 aliphatic rings. The summed E-state index contributed by atoms with van der Waals surface area (Å²) in [6.07, 6.45) is 0. The minimum atomic E-state index is -2.41. The molecule has 0 aromatic rings. The summed E-state index contributed by atoms with van der Waals surface area (Å²) in [4.78, 5) is 0. The summed E-state index contributed by atoms with van der Waals surface area (Å²) in [7, 11) is 0. The van der Waals surface area contributed by atoms with Crippen LogP contribution in [0.4, 0.5) is 0 Å². The number of halogens is 1. The topological polar surface area (TPSA) is 49.4 Å². The van der Waals surface area contributed by atoms with Crippen LogP contribution in [0.25, 0.3) is 0 Å². The predicted octanol–water partition coefficient (Wildman–Crippen LogP) is -2.89. The van der Waals surface area contributed by atoms with Gasteiger partial charge in [-0.25, -0.2) is 7.48 Å². The van der Waals surface area contributed by atoms with Gasteiger partial charge in [-0.05, 0) is 0 Å². The van der Waals surface area contributed by atoms with Gasteiger partial charge in [-0.1, -0.05) is 0 Å². The molecule has 6 heavy (non-hydrogen) atoms. The van der Waals surface area contributed by atoms with Gasteiger partial charge >= 0.3 is 29.6 Å². The van der Waals surface area contributed by atoms with Gasteiger partial charge < -0.3 is 4.55 Å². The summed E-state index contributed by atoms with van der Waals surface area (Å²) >= 11 is -0.205. The first kappa shape index (κ1) is 10.5. The van der Waals surface area contributed by atoms with Gasteiger partial charge in [0.1, 0.15) is 16.3 Å². The Morgan fingerprint density at radius 1 is 1.83 bits per heavy atom. The maximum Gasteiger partial charge on any atom is 1.00 e. The second kappa shape index (κ2) is 6.55. The summed E-state index contributed by atoms with van der Waals surface area (Å²) in [5.74, 6) is 0. The van der Waals surface area contributed by atoms with Crippen LogP contribution in [-0.4, -0.2) is 8.76 Å². The molecular formula is BrNaO3S. The van der Waals surface area contributed by atoms with Crippen molar-refractivity contribution in [2.24, 2.45) is 0 Å². The Morgan fingerprint density at radius 2 is 2.00 bits per heavy atom. The van der Waals surface area contributed by atoms with Crippen molar-refractivity contribution in [3.05, 3.63) is 0 Å². The molecular weight excluding hydrogens is 183 g/mol. The maximum atomic E-state index is 9.10. The Morgan fingerprint density at radius 3 is 2.00 bits per heavy atom. The van der Waals surface area contributed by atoms with E-state index in [1.165, 1.54) is 0 Å². The van der Waals surface area contributed by atoms with Crippen LogP contribution in [0, 0.1) is 0 Å². The molecule has 1 unspecified atom stereocenters. The predicted molar refractivity (Wildman–Crippen MR) is 18.9 cm³/mol. The molecule has 0 heterocycles. The Hall–Kier alpha value is 1.55. The standard InChI is InChI=1S/BrHO3S.Na/c1-4-5(2)3;/h(H,2,3);/q;+1/p-1. The summed E-state index contributed by atoms with van der Waals surface area (Å²) in [5, 5.41) is 0. The first-order chi connectivity index (χ1) is 2.27. The molecule has 0 radical (unpaired) electrons. The van der Waals surface area contributed by atoms with Crippen molar-refractivity contribution >= 4 is 27.6 Å². The van der Waals surface area contributed by atoms with Crippen molar-refractivity contribution in [2.75, 3.05) is 0 Å². The fourth-order valence-corrected chi connectivity index (χ4v) is 0. The van der Waals surface area contributed by atoms with Gasteiger partial charge in [-0.15, -0.1) is 0 Å². The average Bonchev–Trinajstić information content (AvgIpc) is 1.38. The maximum absolute atomic E-state index is 9.10. The van der Waals surface area contributed by atoms with Crippen molar-refractivity contribution in [1.82, 2.24) is 0 Å². The van der Waals surface area contributed by atoms with Crippen LogP contribution in [0.15, 0.2) is 0 Å². The van der Waals surface area contributed by atoms with E-state index in [0.717, 1.165) is 0 Å². The molecule has 0 saturated heterocycles. The third kappa shape index (κ3) is 9.12. The molecule has 3 nitrogen and oxygen atoms in total. The van der Waals surface area contributed by atoms with E-state index in [1.807, 2.05) is 0 Å². The van der Waals surface area contributed by atoms with E-state index in [9.17, 15) is 0 Å². The van der Waals surface area contributed by atoms with Gasteiger partial charge in [0.25, 0.3) is 0 Å². The van der Waals surface area contributed by atoms with Gasteiger partial charge in [-0.2, -0.15) is 0 Å². The molecule has 0 bridgehead atoms. The summed E-state index contributed by atoms with van der Waals surface area (Å²) in [6, 6.07) is 0. The smallest absolute Gasteiger partial charge is 0.749 e. The molecule has 0 aromatic carbocycles. The van der Waals surface area contributed by atoms with Crippen LogP contribution in [-0.2, 0) is 14.6 Å². The van der Waals surface area contributed by atoms with E-state index in [1.54, 1.807) is 0 Å². The van der Waals surface area contributed by atoms with E-state index in [4.69, 9.17) is 8.76 Å². The van der Waals surface area contributed by atoms with E-state index in [2.05, 4.69) is 19.5 Å². The van der Waals surface area contributed by atoms with Crippen LogP contribution in [0.3, 0.4) is 0 Å². The normalized spacial score (nSPS) is 12.3. The molecule has 0 rings (SSSR count). The molecule has 32 valence electrons. The van der Waals surface area contributed by atoms with Gasteiger partial charge in [0.05, 0.1) is 11.4 Å². The fourth-order valence-electron chi connectivity index (χ4n) is 0. The average molecular weight is 183 g/mol. The van der Waals surface area contributed by atoms with Crippen LogP contribution in [0.1, 0.15) is 0 Å². The van der Waals surface area contributed by atoms with Gasteiger partial charge in [0.2, 0.25) is 0 Å². The quantitative estimate of drug-likeness (QED) is 0.324. The number of hydrogen-bond acceptors (Lipinski definition) is 3. The Labute approximate surface area is 68.7 Å².